The number of hydrogen-bond donors (Lipinski definition) is 1. The van der Waals surface area contributed by atoms with Crippen molar-refractivity contribution >= 4 is 22.4 Å². The van der Waals surface area contributed by atoms with Gasteiger partial charge in [-0.1, -0.05) is 6.07 Å². The number of hydrogen-bond acceptors (Lipinski definition) is 5. The van der Waals surface area contributed by atoms with Gasteiger partial charge in [0.05, 0.1) is 12.8 Å². The molecule has 27 heavy (non-hydrogen) atoms. The second-order valence-corrected chi connectivity index (χ2v) is 7.17. The maximum absolute atomic E-state index is 12.2. The summed E-state index contributed by atoms with van der Waals surface area (Å²) in [6.07, 6.45) is 0. The van der Waals surface area contributed by atoms with Crippen LogP contribution in [0.25, 0.3) is 11.3 Å². The number of thiazole rings is 1. The Morgan fingerprint density at radius 1 is 1.15 bits per heavy atom. The number of anilines is 1. The third-order valence-electron chi connectivity index (χ3n) is 4.26. The molecule has 0 atom stereocenters. The van der Waals surface area contributed by atoms with E-state index in [1.165, 1.54) is 11.3 Å². The summed E-state index contributed by atoms with van der Waals surface area (Å²) in [5, 5.41) is 5.25. The number of amides is 1. The van der Waals surface area contributed by atoms with Gasteiger partial charge in [-0.15, -0.1) is 11.3 Å². The lowest BCUT2D eigenvalue weighted by atomic mass is 10.1. The normalized spacial score (nSPS) is 10.5. The van der Waals surface area contributed by atoms with E-state index in [4.69, 9.17) is 9.47 Å². The maximum Gasteiger partial charge on any atom is 0.264 e. The molecule has 0 unspecified atom stereocenters. The first-order valence-electron chi connectivity index (χ1n) is 8.56. The van der Waals surface area contributed by atoms with Crippen LogP contribution < -0.4 is 14.8 Å². The van der Waals surface area contributed by atoms with Gasteiger partial charge < -0.3 is 9.47 Å². The van der Waals surface area contributed by atoms with Crippen molar-refractivity contribution in [3.05, 3.63) is 58.5 Å². The predicted octanol–water partition coefficient (Wildman–Crippen LogP) is 4.76. The van der Waals surface area contributed by atoms with E-state index in [2.05, 4.69) is 16.4 Å². The van der Waals surface area contributed by atoms with Gasteiger partial charge in [-0.2, -0.15) is 0 Å². The number of rotatable bonds is 6. The average molecular weight is 382 g/mol. The molecule has 0 aliphatic rings. The fraction of sp³-hybridized carbons (Fsp3) is 0.238. The summed E-state index contributed by atoms with van der Waals surface area (Å²) in [5.74, 6) is 1.30. The van der Waals surface area contributed by atoms with Crippen molar-refractivity contribution in [2.75, 3.05) is 19.0 Å². The predicted molar refractivity (Wildman–Crippen MR) is 109 cm³/mol. The number of benzene rings is 2. The Hall–Kier alpha value is -2.86. The highest BCUT2D eigenvalue weighted by atomic mass is 32.1. The zero-order valence-corrected chi connectivity index (χ0v) is 16.6. The summed E-state index contributed by atoms with van der Waals surface area (Å²) in [6, 6.07) is 11.7. The number of aryl methyl sites for hydroxylation is 2. The van der Waals surface area contributed by atoms with Crippen molar-refractivity contribution in [2.24, 2.45) is 0 Å². The lowest BCUT2D eigenvalue weighted by Crippen LogP contribution is -2.20. The molecular weight excluding hydrogens is 360 g/mol. The third-order valence-corrected chi connectivity index (χ3v) is 5.02. The summed E-state index contributed by atoms with van der Waals surface area (Å²) in [5.41, 5.74) is 5.08. The van der Waals surface area contributed by atoms with Gasteiger partial charge in [0.2, 0.25) is 0 Å². The van der Waals surface area contributed by atoms with Crippen LogP contribution in [0.3, 0.4) is 0 Å². The Morgan fingerprint density at radius 2 is 1.89 bits per heavy atom. The highest BCUT2D eigenvalue weighted by molar-refractivity contribution is 7.14. The van der Waals surface area contributed by atoms with Crippen molar-refractivity contribution in [1.29, 1.82) is 0 Å². The van der Waals surface area contributed by atoms with E-state index >= 15 is 0 Å². The minimum Gasteiger partial charge on any atom is -0.497 e. The van der Waals surface area contributed by atoms with Gasteiger partial charge in [0.15, 0.2) is 11.7 Å². The molecule has 0 aliphatic carbocycles. The highest BCUT2D eigenvalue weighted by Crippen LogP contribution is 2.27. The lowest BCUT2D eigenvalue weighted by molar-refractivity contribution is -0.118. The topological polar surface area (TPSA) is 60.5 Å². The minimum atomic E-state index is -0.232. The largest absolute Gasteiger partial charge is 0.497 e. The van der Waals surface area contributed by atoms with E-state index in [1.807, 2.05) is 56.5 Å². The summed E-state index contributed by atoms with van der Waals surface area (Å²) < 4.78 is 10.9. The Bertz CT molecular complexity index is 949. The maximum atomic E-state index is 12.2. The van der Waals surface area contributed by atoms with Crippen LogP contribution in [0.1, 0.15) is 16.7 Å². The SMILES string of the molecule is COc1ccc(-c2csc(NC(=O)COc3cc(C)cc(C)c3C)n2)cc1. The number of nitrogens with zero attached hydrogens (tertiary/aromatic N) is 1. The molecule has 0 fully saturated rings. The van der Waals surface area contributed by atoms with Gasteiger partial charge in [0.25, 0.3) is 5.91 Å². The Morgan fingerprint density at radius 3 is 2.59 bits per heavy atom. The van der Waals surface area contributed by atoms with E-state index in [0.717, 1.165) is 39.4 Å². The summed E-state index contributed by atoms with van der Waals surface area (Å²) in [6.45, 7) is 5.98. The number of methoxy groups -OCH3 is 1. The average Bonchev–Trinajstić information content (AvgIpc) is 3.12. The molecule has 1 aromatic heterocycles. The van der Waals surface area contributed by atoms with Crippen LogP contribution in [0, 0.1) is 20.8 Å². The molecular formula is C21H22N2O3S. The van der Waals surface area contributed by atoms with Crippen LogP contribution in [-0.4, -0.2) is 24.6 Å². The molecule has 0 aliphatic heterocycles. The molecule has 5 nitrogen and oxygen atoms in total. The van der Waals surface area contributed by atoms with Gasteiger partial charge in [-0.3, -0.25) is 10.1 Å². The first-order chi connectivity index (χ1) is 13.0. The van der Waals surface area contributed by atoms with Gasteiger partial charge in [0.1, 0.15) is 11.5 Å². The number of ether oxygens (including phenoxy) is 2. The Labute approximate surface area is 163 Å². The molecule has 1 heterocycles. The highest BCUT2D eigenvalue weighted by Gasteiger charge is 2.11. The number of carbonyl (C=O) groups excluding carboxylic acids is 1. The van der Waals surface area contributed by atoms with Crippen molar-refractivity contribution in [1.82, 2.24) is 4.98 Å². The van der Waals surface area contributed by atoms with Crippen LogP contribution in [0.2, 0.25) is 0 Å². The molecule has 0 radical (unpaired) electrons. The summed E-state index contributed by atoms with van der Waals surface area (Å²) in [4.78, 5) is 16.7. The number of carbonyl (C=O) groups is 1. The second kappa shape index (κ2) is 8.22. The zero-order chi connectivity index (χ0) is 19.4. The zero-order valence-electron chi connectivity index (χ0n) is 15.8. The third kappa shape index (κ3) is 4.65. The quantitative estimate of drug-likeness (QED) is 0.668. The van der Waals surface area contributed by atoms with Crippen LogP contribution in [-0.2, 0) is 4.79 Å². The number of nitrogens with one attached hydrogen (secondary N) is 1. The second-order valence-electron chi connectivity index (χ2n) is 6.31. The molecule has 1 amide bonds. The molecule has 0 saturated carbocycles. The Kier molecular flexibility index (Phi) is 5.76. The van der Waals surface area contributed by atoms with Crippen molar-refractivity contribution in [3.8, 4) is 22.8 Å². The minimum absolute atomic E-state index is 0.0544. The molecule has 140 valence electrons. The molecule has 6 heteroatoms. The molecule has 0 bridgehead atoms. The van der Waals surface area contributed by atoms with E-state index in [0.29, 0.717) is 5.13 Å². The van der Waals surface area contributed by atoms with Crippen molar-refractivity contribution < 1.29 is 14.3 Å². The molecule has 3 aromatic rings. The standard InChI is InChI=1S/C21H22N2O3S/c1-13-9-14(2)15(3)19(10-13)26-11-20(24)23-21-22-18(12-27-21)16-5-7-17(25-4)8-6-16/h5-10,12H,11H2,1-4H3,(H,22,23,24). The molecule has 0 spiro atoms. The van der Waals surface area contributed by atoms with Crippen LogP contribution in [0.15, 0.2) is 41.8 Å². The van der Waals surface area contributed by atoms with Crippen LogP contribution >= 0.6 is 11.3 Å². The summed E-state index contributed by atoms with van der Waals surface area (Å²) >= 11 is 1.38. The van der Waals surface area contributed by atoms with Gasteiger partial charge >= 0.3 is 0 Å². The molecule has 3 rings (SSSR count). The van der Waals surface area contributed by atoms with Gasteiger partial charge in [-0.25, -0.2) is 4.98 Å². The first kappa shape index (κ1) is 18.9. The molecule has 0 saturated heterocycles. The fourth-order valence-electron chi connectivity index (χ4n) is 2.67. The van der Waals surface area contributed by atoms with Crippen molar-refractivity contribution in [2.45, 2.75) is 20.8 Å². The lowest BCUT2D eigenvalue weighted by Gasteiger charge is -2.11. The number of aromatic nitrogens is 1. The fourth-order valence-corrected chi connectivity index (χ4v) is 3.41. The van der Waals surface area contributed by atoms with Crippen molar-refractivity contribution in [3.63, 3.8) is 0 Å². The van der Waals surface area contributed by atoms with E-state index in [-0.39, 0.29) is 12.5 Å². The molecule has 2 aromatic carbocycles. The van der Waals surface area contributed by atoms with Gasteiger partial charge in [0, 0.05) is 10.9 Å². The van der Waals surface area contributed by atoms with E-state index in [1.54, 1.807) is 7.11 Å². The van der Waals surface area contributed by atoms with E-state index in [9.17, 15) is 4.79 Å². The smallest absolute Gasteiger partial charge is 0.264 e. The van der Waals surface area contributed by atoms with Crippen LogP contribution in [0.4, 0.5) is 5.13 Å². The summed E-state index contributed by atoms with van der Waals surface area (Å²) in [7, 11) is 1.63. The Balaban J connectivity index is 1.61. The molecule has 1 N–H and O–H groups in total. The van der Waals surface area contributed by atoms with E-state index < -0.39 is 0 Å². The van der Waals surface area contributed by atoms with Crippen LogP contribution in [0.5, 0.6) is 11.5 Å². The van der Waals surface area contributed by atoms with Gasteiger partial charge in [-0.05, 0) is 67.8 Å². The monoisotopic (exact) mass is 382 g/mol. The first-order valence-corrected chi connectivity index (χ1v) is 9.44.